The van der Waals surface area contributed by atoms with Crippen molar-refractivity contribution in [1.82, 2.24) is 0 Å². The maximum Gasteiger partial charge on any atom is 0.0774 e. The maximum absolute atomic E-state index is 13.9. The van der Waals surface area contributed by atoms with E-state index in [9.17, 15) is 4.48 Å². The SMILES string of the molecule is Cc1ccccc1Sc1cc(N(C)F)c2ccccc2c1P. The molecular weight excluding hydrogens is 312 g/mol. The Balaban J connectivity index is 2.18. The summed E-state index contributed by atoms with van der Waals surface area (Å²) in [5, 5.41) is 3.78. The van der Waals surface area contributed by atoms with E-state index in [1.165, 1.54) is 17.5 Å². The Labute approximate surface area is 136 Å². The van der Waals surface area contributed by atoms with Gasteiger partial charge in [0.25, 0.3) is 0 Å². The summed E-state index contributed by atoms with van der Waals surface area (Å²) in [5.41, 5.74) is 1.82. The summed E-state index contributed by atoms with van der Waals surface area (Å²) >= 11 is 1.67. The normalized spacial score (nSPS) is 10.9. The van der Waals surface area contributed by atoms with Gasteiger partial charge in [0.1, 0.15) is 0 Å². The fourth-order valence-corrected chi connectivity index (χ4v) is 4.00. The van der Waals surface area contributed by atoms with Crippen LogP contribution >= 0.6 is 21.0 Å². The van der Waals surface area contributed by atoms with E-state index in [-0.39, 0.29) is 0 Å². The van der Waals surface area contributed by atoms with Gasteiger partial charge in [0, 0.05) is 22.2 Å². The number of halogens is 1. The van der Waals surface area contributed by atoms with Crippen LogP contribution in [0.25, 0.3) is 10.8 Å². The molecule has 0 saturated heterocycles. The second-order valence-corrected chi connectivity index (χ2v) is 6.86. The van der Waals surface area contributed by atoms with Crippen molar-refractivity contribution in [1.29, 1.82) is 0 Å². The average Bonchev–Trinajstić information content (AvgIpc) is 2.52. The summed E-state index contributed by atoms with van der Waals surface area (Å²) in [4.78, 5) is 2.24. The Morgan fingerprint density at radius 3 is 2.27 bits per heavy atom. The lowest BCUT2D eigenvalue weighted by Crippen LogP contribution is -2.07. The first-order chi connectivity index (χ1) is 10.6. The van der Waals surface area contributed by atoms with Crippen molar-refractivity contribution in [3.8, 4) is 0 Å². The number of benzene rings is 3. The zero-order valence-corrected chi connectivity index (χ0v) is 14.5. The van der Waals surface area contributed by atoms with Gasteiger partial charge in [-0.2, -0.15) is 0 Å². The first kappa shape index (κ1) is 15.3. The minimum absolute atomic E-state index is 0.595. The third-order valence-electron chi connectivity index (χ3n) is 3.67. The molecule has 3 aromatic carbocycles. The van der Waals surface area contributed by atoms with Gasteiger partial charge >= 0.3 is 0 Å². The largest absolute Gasteiger partial charge is 0.214 e. The van der Waals surface area contributed by atoms with Crippen LogP contribution in [-0.4, -0.2) is 7.05 Å². The maximum atomic E-state index is 13.9. The average molecular weight is 329 g/mol. The predicted molar refractivity (Wildman–Crippen MR) is 98.1 cm³/mol. The molecule has 1 atom stereocenters. The van der Waals surface area contributed by atoms with Gasteiger partial charge in [0.05, 0.1) is 5.69 Å². The molecule has 3 aromatic rings. The second-order valence-electron chi connectivity index (χ2n) is 5.20. The molecule has 0 fully saturated rings. The van der Waals surface area contributed by atoms with Crippen LogP contribution in [-0.2, 0) is 0 Å². The molecule has 112 valence electrons. The number of anilines is 1. The molecular formula is C18H17FNPS. The van der Waals surface area contributed by atoms with E-state index in [0.717, 1.165) is 21.0 Å². The standard InChI is InChI=1S/C18H17FNPS/c1-12-7-3-6-10-16(12)22-17-11-15(20(2)19)13-8-4-5-9-14(13)18(17)21/h3-11H,21H2,1-2H3. The monoisotopic (exact) mass is 329 g/mol. The molecule has 0 aliphatic rings. The zero-order valence-electron chi connectivity index (χ0n) is 12.5. The third kappa shape index (κ3) is 2.84. The van der Waals surface area contributed by atoms with Gasteiger partial charge in [-0.1, -0.05) is 54.2 Å². The number of nitrogens with zero attached hydrogens (tertiary/aromatic N) is 1. The molecule has 0 spiro atoms. The Morgan fingerprint density at radius 2 is 1.59 bits per heavy atom. The zero-order chi connectivity index (χ0) is 15.7. The van der Waals surface area contributed by atoms with E-state index in [2.05, 4.69) is 28.3 Å². The van der Waals surface area contributed by atoms with Crippen molar-refractivity contribution in [3.05, 3.63) is 60.2 Å². The van der Waals surface area contributed by atoms with Gasteiger partial charge in [-0.3, -0.25) is 0 Å². The summed E-state index contributed by atoms with van der Waals surface area (Å²) in [6, 6.07) is 18.1. The van der Waals surface area contributed by atoms with Crippen LogP contribution in [0.2, 0.25) is 0 Å². The van der Waals surface area contributed by atoms with Gasteiger partial charge < -0.3 is 0 Å². The molecule has 0 heterocycles. The van der Waals surface area contributed by atoms with Crippen molar-refractivity contribution < 1.29 is 4.48 Å². The molecule has 0 aliphatic heterocycles. The Morgan fingerprint density at radius 1 is 0.955 bits per heavy atom. The van der Waals surface area contributed by atoms with E-state index < -0.39 is 0 Å². The number of hydrogen-bond acceptors (Lipinski definition) is 2. The van der Waals surface area contributed by atoms with Gasteiger partial charge in [0.15, 0.2) is 0 Å². The van der Waals surface area contributed by atoms with Crippen LogP contribution in [0, 0.1) is 6.92 Å². The first-order valence-electron chi connectivity index (χ1n) is 7.02. The highest BCUT2D eigenvalue weighted by molar-refractivity contribution is 7.99. The van der Waals surface area contributed by atoms with Gasteiger partial charge in [-0.05, 0) is 35.3 Å². The van der Waals surface area contributed by atoms with E-state index in [1.807, 2.05) is 42.5 Å². The lowest BCUT2D eigenvalue weighted by molar-refractivity contribution is 0.477. The molecule has 0 aromatic heterocycles. The topological polar surface area (TPSA) is 3.24 Å². The summed E-state index contributed by atoms with van der Waals surface area (Å²) in [7, 11) is 4.24. The highest BCUT2D eigenvalue weighted by Crippen LogP contribution is 2.36. The van der Waals surface area contributed by atoms with Gasteiger partial charge in [-0.25, -0.2) is 5.12 Å². The van der Waals surface area contributed by atoms with Crippen molar-refractivity contribution in [3.63, 3.8) is 0 Å². The van der Waals surface area contributed by atoms with Crippen LogP contribution < -0.4 is 10.4 Å². The highest BCUT2D eigenvalue weighted by Gasteiger charge is 2.13. The Hall–Kier alpha value is -1.57. The second kappa shape index (κ2) is 6.28. The molecule has 22 heavy (non-hydrogen) atoms. The molecule has 3 rings (SSSR count). The van der Waals surface area contributed by atoms with Crippen LogP contribution in [0.15, 0.2) is 64.4 Å². The third-order valence-corrected chi connectivity index (χ3v) is 5.74. The fraction of sp³-hybridized carbons (Fsp3) is 0.111. The van der Waals surface area contributed by atoms with Crippen molar-refractivity contribution >= 4 is 42.8 Å². The van der Waals surface area contributed by atoms with E-state index in [4.69, 9.17) is 0 Å². The van der Waals surface area contributed by atoms with Crippen molar-refractivity contribution in [2.45, 2.75) is 16.7 Å². The molecule has 4 heteroatoms. The fourth-order valence-electron chi connectivity index (χ4n) is 2.48. The Bertz CT molecular complexity index is 832. The number of rotatable bonds is 3. The van der Waals surface area contributed by atoms with E-state index in [0.29, 0.717) is 10.8 Å². The minimum atomic E-state index is 0.595. The molecule has 0 aliphatic carbocycles. The van der Waals surface area contributed by atoms with Crippen LogP contribution in [0.3, 0.4) is 0 Å². The van der Waals surface area contributed by atoms with Crippen molar-refractivity contribution in [2.75, 3.05) is 12.2 Å². The summed E-state index contributed by atoms with van der Waals surface area (Å²) in [6.07, 6.45) is 0. The number of fused-ring (bicyclic) bond motifs is 1. The minimum Gasteiger partial charge on any atom is -0.214 e. The van der Waals surface area contributed by atoms with Gasteiger partial charge in [0.2, 0.25) is 0 Å². The van der Waals surface area contributed by atoms with Crippen LogP contribution in [0.1, 0.15) is 5.56 Å². The van der Waals surface area contributed by atoms with Crippen molar-refractivity contribution in [2.24, 2.45) is 0 Å². The van der Waals surface area contributed by atoms with Gasteiger partial charge in [-0.15, -0.1) is 13.7 Å². The molecule has 0 saturated carbocycles. The lowest BCUT2D eigenvalue weighted by atomic mass is 10.1. The molecule has 1 unspecified atom stereocenters. The summed E-state index contributed by atoms with van der Waals surface area (Å²) in [5.74, 6) is 0. The summed E-state index contributed by atoms with van der Waals surface area (Å²) in [6.45, 7) is 2.09. The van der Waals surface area contributed by atoms with Crippen LogP contribution in [0.5, 0.6) is 0 Å². The lowest BCUT2D eigenvalue weighted by Gasteiger charge is -2.16. The number of aryl methyl sites for hydroxylation is 1. The quantitative estimate of drug-likeness (QED) is 0.485. The van der Waals surface area contributed by atoms with E-state index in [1.54, 1.807) is 11.8 Å². The Kier molecular flexibility index (Phi) is 4.37. The predicted octanol–water partition coefficient (Wildman–Crippen LogP) is 5.12. The number of hydrogen-bond donors (Lipinski definition) is 0. The summed E-state index contributed by atoms with van der Waals surface area (Å²) < 4.78 is 13.9. The molecule has 0 bridgehead atoms. The molecule has 0 N–H and O–H groups in total. The highest BCUT2D eigenvalue weighted by atomic mass is 32.2. The molecule has 0 amide bonds. The molecule has 0 radical (unpaired) electrons. The molecule has 1 nitrogen and oxygen atoms in total. The van der Waals surface area contributed by atoms with E-state index >= 15 is 0 Å². The van der Waals surface area contributed by atoms with Crippen LogP contribution in [0.4, 0.5) is 10.2 Å². The smallest absolute Gasteiger partial charge is 0.0774 e. The first-order valence-corrected chi connectivity index (χ1v) is 8.41.